The minimum atomic E-state index is -0.791. The molecule has 0 unspecified atom stereocenters. The minimum Gasteiger partial charge on any atom is -0.312 e. The molecular formula is C11H11FN2O2. The Hall–Kier alpha value is -1.93. The van der Waals surface area contributed by atoms with Gasteiger partial charge in [-0.3, -0.25) is 10.1 Å². The summed E-state index contributed by atoms with van der Waals surface area (Å²) in [6, 6.07) is 4.10. The second kappa shape index (κ2) is 5.83. The zero-order valence-corrected chi connectivity index (χ0v) is 8.57. The summed E-state index contributed by atoms with van der Waals surface area (Å²) < 4.78 is 13.5. The molecule has 5 heteroatoms. The van der Waals surface area contributed by atoms with Crippen molar-refractivity contribution in [1.29, 1.82) is 0 Å². The highest BCUT2D eigenvalue weighted by Crippen LogP contribution is 2.19. The van der Waals surface area contributed by atoms with Crippen LogP contribution in [0.4, 0.5) is 10.1 Å². The molecule has 0 aromatic heterocycles. The quantitative estimate of drug-likeness (QED) is 0.358. The van der Waals surface area contributed by atoms with E-state index in [1.165, 1.54) is 12.1 Å². The van der Waals surface area contributed by atoms with Gasteiger partial charge in [0.25, 0.3) is 0 Å². The molecule has 0 fully saturated rings. The van der Waals surface area contributed by atoms with E-state index in [-0.39, 0.29) is 12.1 Å². The number of nitro groups is 1. The highest BCUT2D eigenvalue weighted by Gasteiger charge is 2.16. The van der Waals surface area contributed by atoms with Crippen LogP contribution in [0.2, 0.25) is 0 Å². The largest absolute Gasteiger partial charge is 0.312 e. The molecule has 0 amide bonds. The van der Waals surface area contributed by atoms with Gasteiger partial charge in [0.05, 0.1) is 4.92 Å². The third-order valence-corrected chi connectivity index (χ3v) is 2.02. The van der Waals surface area contributed by atoms with E-state index in [1.807, 2.05) is 0 Å². The summed E-state index contributed by atoms with van der Waals surface area (Å²) in [5, 5.41) is 13.4. The Morgan fingerprint density at radius 3 is 2.94 bits per heavy atom. The molecule has 1 N–H and O–H groups in total. The molecule has 0 spiro atoms. The molecule has 1 rings (SSSR count). The van der Waals surface area contributed by atoms with Crippen LogP contribution in [0.15, 0.2) is 18.2 Å². The van der Waals surface area contributed by atoms with Crippen LogP contribution in [0, 0.1) is 28.3 Å². The minimum absolute atomic E-state index is 0.231. The third kappa shape index (κ3) is 3.04. The number of hydrogen-bond acceptors (Lipinski definition) is 3. The van der Waals surface area contributed by atoms with E-state index >= 15 is 0 Å². The van der Waals surface area contributed by atoms with Crippen LogP contribution >= 0.6 is 0 Å². The predicted molar refractivity (Wildman–Crippen MR) is 58.2 cm³/mol. The van der Waals surface area contributed by atoms with Crippen LogP contribution in [0.3, 0.4) is 0 Å². The van der Waals surface area contributed by atoms with E-state index in [9.17, 15) is 14.5 Å². The molecule has 0 heterocycles. The standard InChI is InChI=1S/C11H11FN2O2/c1-2-3-7-13-8-9-5-4-6-10(11(9)12)14(15)16/h1,4-6,13H,3,7-8H2. The molecule has 0 aliphatic heterocycles. The summed E-state index contributed by atoms with van der Waals surface area (Å²) in [6.45, 7) is 0.786. The number of terminal acetylenes is 1. The number of rotatable bonds is 5. The van der Waals surface area contributed by atoms with Gasteiger partial charge in [0.1, 0.15) is 0 Å². The number of nitrogens with one attached hydrogen (secondary N) is 1. The summed E-state index contributed by atoms with van der Waals surface area (Å²) in [5.41, 5.74) is -0.234. The highest BCUT2D eigenvalue weighted by molar-refractivity contribution is 5.36. The number of nitrogens with zero attached hydrogens (tertiary/aromatic N) is 1. The molecule has 4 nitrogen and oxygen atoms in total. The van der Waals surface area contributed by atoms with Gasteiger partial charge in [0.2, 0.25) is 5.82 Å². The summed E-state index contributed by atoms with van der Waals surface area (Å²) in [6.07, 6.45) is 5.59. The van der Waals surface area contributed by atoms with Crippen molar-refractivity contribution < 1.29 is 9.31 Å². The Kier molecular flexibility index (Phi) is 4.42. The summed E-state index contributed by atoms with van der Waals surface area (Å²) in [5.74, 6) is 1.64. The second-order valence-electron chi connectivity index (χ2n) is 3.14. The average Bonchev–Trinajstić information content (AvgIpc) is 2.26. The molecule has 0 bridgehead atoms. The van der Waals surface area contributed by atoms with Gasteiger partial charge in [-0.05, 0) is 0 Å². The van der Waals surface area contributed by atoms with E-state index in [2.05, 4.69) is 11.2 Å². The molecule has 1 aromatic carbocycles. The summed E-state index contributed by atoms with van der Waals surface area (Å²) in [4.78, 5) is 9.73. The predicted octanol–water partition coefficient (Wildman–Crippen LogP) is 1.85. The highest BCUT2D eigenvalue weighted by atomic mass is 19.1. The SMILES string of the molecule is C#CCCNCc1cccc([N+](=O)[O-])c1F. The van der Waals surface area contributed by atoms with E-state index in [1.54, 1.807) is 0 Å². The Morgan fingerprint density at radius 1 is 1.56 bits per heavy atom. The lowest BCUT2D eigenvalue weighted by molar-refractivity contribution is -0.387. The van der Waals surface area contributed by atoms with E-state index in [0.717, 1.165) is 6.07 Å². The fourth-order valence-corrected chi connectivity index (χ4v) is 1.23. The Balaban J connectivity index is 2.70. The molecule has 84 valence electrons. The molecule has 0 aliphatic carbocycles. The zero-order chi connectivity index (χ0) is 12.0. The molecule has 16 heavy (non-hydrogen) atoms. The van der Waals surface area contributed by atoms with Crippen LogP contribution in [0.1, 0.15) is 12.0 Å². The zero-order valence-electron chi connectivity index (χ0n) is 8.57. The van der Waals surface area contributed by atoms with Crippen LogP contribution in [-0.2, 0) is 6.54 Å². The monoisotopic (exact) mass is 222 g/mol. The van der Waals surface area contributed by atoms with Gasteiger partial charge < -0.3 is 5.32 Å². The van der Waals surface area contributed by atoms with Crippen molar-refractivity contribution >= 4 is 5.69 Å². The molecule has 0 saturated carbocycles. The average molecular weight is 222 g/mol. The molecule has 0 atom stereocenters. The lowest BCUT2D eigenvalue weighted by Crippen LogP contribution is -2.15. The number of benzene rings is 1. The molecule has 0 aliphatic rings. The van der Waals surface area contributed by atoms with Crippen molar-refractivity contribution in [3.63, 3.8) is 0 Å². The van der Waals surface area contributed by atoms with Crippen molar-refractivity contribution in [1.82, 2.24) is 5.32 Å². The van der Waals surface area contributed by atoms with Crippen molar-refractivity contribution in [3.05, 3.63) is 39.7 Å². The van der Waals surface area contributed by atoms with E-state index in [0.29, 0.717) is 13.0 Å². The Morgan fingerprint density at radius 2 is 2.31 bits per heavy atom. The molecule has 1 aromatic rings. The van der Waals surface area contributed by atoms with Crippen LogP contribution in [-0.4, -0.2) is 11.5 Å². The lowest BCUT2D eigenvalue weighted by atomic mass is 10.2. The fourth-order valence-electron chi connectivity index (χ4n) is 1.23. The maximum atomic E-state index is 13.5. The third-order valence-electron chi connectivity index (χ3n) is 2.02. The summed E-state index contributed by atoms with van der Waals surface area (Å²) >= 11 is 0. The second-order valence-corrected chi connectivity index (χ2v) is 3.14. The van der Waals surface area contributed by atoms with Gasteiger partial charge in [0.15, 0.2) is 0 Å². The van der Waals surface area contributed by atoms with Crippen molar-refractivity contribution in [2.24, 2.45) is 0 Å². The molecule has 0 saturated heterocycles. The van der Waals surface area contributed by atoms with Gasteiger partial charge in [-0.25, -0.2) is 0 Å². The van der Waals surface area contributed by atoms with Gasteiger partial charge in [-0.15, -0.1) is 12.3 Å². The van der Waals surface area contributed by atoms with Gasteiger partial charge >= 0.3 is 5.69 Å². The van der Waals surface area contributed by atoms with Crippen LogP contribution < -0.4 is 5.32 Å². The van der Waals surface area contributed by atoms with Crippen molar-refractivity contribution in [3.8, 4) is 12.3 Å². The first-order valence-corrected chi connectivity index (χ1v) is 4.72. The normalized spacial score (nSPS) is 9.75. The van der Waals surface area contributed by atoms with Crippen LogP contribution in [0.5, 0.6) is 0 Å². The van der Waals surface area contributed by atoms with Crippen LogP contribution in [0.25, 0.3) is 0 Å². The Bertz CT molecular complexity index is 426. The maximum absolute atomic E-state index is 13.5. The first kappa shape index (κ1) is 12.1. The smallest absolute Gasteiger partial charge is 0.305 e. The molecular weight excluding hydrogens is 211 g/mol. The number of halogens is 1. The first-order valence-electron chi connectivity index (χ1n) is 4.72. The van der Waals surface area contributed by atoms with Crippen molar-refractivity contribution in [2.45, 2.75) is 13.0 Å². The first-order chi connectivity index (χ1) is 7.66. The number of nitro benzene ring substituents is 1. The molecule has 0 radical (unpaired) electrons. The lowest BCUT2D eigenvalue weighted by Gasteiger charge is -2.04. The fraction of sp³-hybridized carbons (Fsp3) is 0.273. The maximum Gasteiger partial charge on any atom is 0.305 e. The van der Waals surface area contributed by atoms with Gasteiger partial charge in [0, 0.05) is 31.1 Å². The number of hydrogen-bond donors (Lipinski definition) is 1. The van der Waals surface area contributed by atoms with E-state index in [4.69, 9.17) is 6.42 Å². The van der Waals surface area contributed by atoms with E-state index < -0.39 is 16.4 Å². The van der Waals surface area contributed by atoms with Crippen molar-refractivity contribution in [2.75, 3.05) is 6.54 Å². The summed E-state index contributed by atoms with van der Waals surface area (Å²) in [7, 11) is 0. The van der Waals surface area contributed by atoms with Gasteiger partial charge in [-0.2, -0.15) is 4.39 Å². The topological polar surface area (TPSA) is 55.2 Å². The van der Waals surface area contributed by atoms with Gasteiger partial charge in [-0.1, -0.05) is 12.1 Å². The Labute approximate surface area is 92.6 Å².